The Labute approximate surface area is 114 Å². The number of carbonyl (C=O) groups is 1. The summed E-state index contributed by atoms with van der Waals surface area (Å²) in [6, 6.07) is 5.47. The minimum atomic E-state index is -0.130. The molecule has 5 nitrogen and oxygen atoms in total. The van der Waals surface area contributed by atoms with E-state index in [4.69, 9.17) is 15.2 Å². The fourth-order valence-electron chi connectivity index (χ4n) is 1.66. The van der Waals surface area contributed by atoms with E-state index in [1.807, 2.05) is 25.1 Å². The van der Waals surface area contributed by atoms with Crippen LogP contribution in [0.4, 0.5) is 0 Å². The molecule has 0 fully saturated rings. The predicted molar refractivity (Wildman–Crippen MR) is 74.3 cm³/mol. The standard InChI is InChI=1S/C14H22N2O3/c1-4-19-12-6-5-11(8-13(12)18-3)9-16-14(17)7-10(2)15/h5-6,8,10H,4,7,9,15H2,1-3H3,(H,16,17). The highest BCUT2D eigenvalue weighted by Crippen LogP contribution is 2.27. The van der Waals surface area contributed by atoms with E-state index < -0.39 is 0 Å². The molecule has 0 heterocycles. The van der Waals surface area contributed by atoms with Gasteiger partial charge in [0.25, 0.3) is 0 Å². The van der Waals surface area contributed by atoms with Crippen LogP contribution in [0.2, 0.25) is 0 Å². The fourth-order valence-corrected chi connectivity index (χ4v) is 1.66. The molecule has 0 radical (unpaired) electrons. The smallest absolute Gasteiger partial charge is 0.221 e. The Balaban J connectivity index is 2.62. The van der Waals surface area contributed by atoms with Gasteiger partial charge in [0.15, 0.2) is 11.5 Å². The summed E-state index contributed by atoms with van der Waals surface area (Å²) in [5.41, 5.74) is 6.52. The topological polar surface area (TPSA) is 73.6 Å². The van der Waals surface area contributed by atoms with Crippen LogP contribution in [0, 0.1) is 0 Å². The molecule has 0 bridgehead atoms. The van der Waals surface area contributed by atoms with E-state index in [1.54, 1.807) is 14.0 Å². The number of hydrogen-bond acceptors (Lipinski definition) is 4. The Morgan fingerprint density at radius 3 is 2.74 bits per heavy atom. The Bertz CT molecular complexity index is 419. The van der Waals surface area contributed by atoms with E-state index in [1.165, 1.54) is 0 Å². The molecule has 0 aliphatic heterocycles. The molecule has 1 atom stereocenters. The molecule has 0 saturated heterocycles. The number of nitrogens with two attached hydrogens (primary N) is 1. The van der Waals surface area contributed by atoms with E-state index in [0.29, 0.717) is 31.1 Å². The van der Waals surface area contributed by atoms with Crippen molar-refractivity contribution in [2.24, 2.45) is 5.73 Å². The molecule has 1 amide bonds. The Morgan fingerprint density at radius 2 is 2.16 bits per heavy atom. The van der Waals surface area contributed by atoms with Crippen molar-refractivity contribution in [1.29, 1.82) is 0 Å². The number of carbonyl (C=O) groups excluding carboxylic acids is 1. The van der Waals surface area contributed by atoms with Crippen molar-refractivity contribution in [3.8, 4) is 11.5 Å². The van der Waals surface area contributed by atoms with Crippen LogP contribution in [-0.2, 0) is 11.3 Å². The molecule has 3 N–H and O–H groups in total. The highest BCUT2D eigenvalue weighted by atomic mass is 16.5. The van der Waals surface area contributed by atoms with Crippen LogP contribution in [0.1, 0.15) is 25.8 Å². The van der Waals surface area contributed by atoms with E-state index in [2.05, 4.69) is 5.32 Å². The largest absolute Gasteiger partial charge is 0.493 e. The van der Waals surface area contributed by atoms with Gasteiger partial charge in [0.05, 0.1) is 13.7 Å². The minimum Gasteiger partial charge on any atom is -0.493 e. The minimum absolute atomic E-state index is 0.0529. The van der Waals surface area contributed by atoms with Gasteiger partial charge in [-0.2, -0.15) is 0 Å². The summed E-state index contributed by atoms with van der Waals surface area (Å²) < 4.78 is 10.7. The van der Waals surface area contributed by atoms with Crippen LogP contribution in [0.25, 0.3) is 0 Å². The van der Waals surface area contributed by atoms with Gasteiger partial charge in [-0.05, 0) is 31.5 Å². The van der Waals surface area contributed by atoms with E-state index in [9.17, 15) is 4.79 Å². The fraction of sp³-hybridized carbons (Fsp3) is 0.500. The Kier molecular flexibility index (Phi) is 6.15. The molecular weight excluding hydrogens is 244 g/mol. The molecule has 0 aliphatic rings. The highest BCUT2D eigenvalue weighted by Gasteiger charge is 2.07. The molecule has 1 unspecified atom stereocenters. The summed E-state index contributed by atoms with van der Waals surface area (Å²) >= 11 is 0. The number of ether oxygens (including phenoxy) is 2. The van der Waals surface area contributed by atoms with Crippen molar-refractivity contribution < 1.29 is 14.3 Å². The summed E-state index contributed by atoms with van der Waals surface area (Å²) in [6.07, 6.45) is 0.328. The van der Waals surface area contributed by atoms with Crippen LogP contribution in [0.3, 0.4) is 0 Å². The normalized spacial score (nSPS) is 11.8. The van der Waals surface area contributed by atoms with Crippen LogP contribution >= 0.6 is 0 Å². The monoisotopic (exact) mass is 266 g/mol. The summed E-state index contributed by atoms with van der Waals surface area (Å²) in [7, 11) is 1.59. The quantitative estimate of drug-likeness (QED) is 0.783. The Morgan fingerprint density at radius 1 is 1.42 bits per heavy atom. The SMILES string of the molecule is CCOc1ccc(CNC(=O)CC(C)N)cc1OC. The van der Waals surface area contributed by atoms with Crippen molar-refractivity contribution in [3.63, 3.8) is 0 Å². The first kappa shape index (κ1) is 15.3. The highest BCUT2D eigenvalue weighted by molar-refractivity contribution is 5.76. The average Bonchev–Trinajstić information content (AvgIpc) is 2.37. The lowest BCUT2D eigenvalue weighted by Gasteiger charge is -2.12. The molecule has 0 saturated carbocycles. The number of nitrogens with one attached hydrogen (secondary N) is 1. The van der Waals surface area contributed by atoms with Gasteiger partial charge in [-0.3, -0.25) is 4.79 Å². The van der Waals surface area contributed by atoms with E-state index in [-0.39, 0.29) is 11.9 Å². The third-order valence-electron chi connectivity index (χ3n) is 2.52. The molecule has 19 heavy (non-hydrogen) atoms. The Hall–Kier alpha value is -1.75. The zero-order valence-electron chi connectivity index (χ0n) is 11.7. The molecule has 1 aromatic carbocycles. The molecule has 1 rings (SSSR count). The van der Waals surface area contributed by atoms with Gasteiger partial charge in [0, 0.05) is 19.0 Å². The van der Waals surface area contributed by atoms with Crippen LogP contribution in [-0.4, -0.2) is 25.7 Å². The molecule has 0 aromatic heterocycles. The summed E-state index contributed by atoms with van der Waals surface area (Å²) in [6.45, 7) is 4.76. The van der Waals surface area contributed by atoms with Crippen molar-refractivity contribution in [3.05, 3.63) is 23.8 Å². The molecule has 0 spiro atoms. The second-order valence-electron chi connectivity index (χ2n) is 4.38. The van der Waals surface area contributed by atoms with Crippen molar-refractivity contribution in [2.45, 2.75) is 32.9 Å². The molecule has 0 aliphatic carbocycles. The molecule has 5 heteroatoms. The number of amides is 1. The van der Waals surface area contributed by atoms with E-state index >= 15 is 0 Å². The maximum atomic E-state index is 11.5. The third-order valence-corrected chi connectivity index (χ3v) is 2.52. The van der Waals surface area contributed by atoms with Gasteiger partial charge in [0.2, 0.25) is 5.91 Å². The van der Waals surface area contributed by atoms with Crippen LogP contribution < -0.4 is 20.5 Å². The first-order valence-electron chi connectivity index (χ1n) is 6.38. The van der Waals surface area contributed by atoms with Crippen molar-refractivity contribution in [1.82, 2.24) is 5.32 Å². The van der Waals surface area contributed by atoms with Gasteiger partial charge >= 0.3 is 0 Å². The molecular formula is C14H22N2O3. The van der Waals surface area contributed by atoms with Crippen LogP contribution in [0.5, 0.6) is 11.5 Å². The number of benzene rings is 1. The second kappa shape index (κ2) is 7.63. The van der Waals surface area contributed by atoms with Gasteiger partial charge < -0.3 is 20.5 Å². The molecule has 106 valence electrons. The zero-order valence-corrected chi connectivity index (χ0v) is 11.7. The summed E-state index contributed by atoms with van der Waals surface area (Å²) in [5.74, 6) is 1.32. The summed E-state index contributed by atoms with van der Waals surface area (Å²) in [5, 5.41) is 2.82. The summed E-state index contributed by atoms with van der Waals surface area (Å²) in [4.78, 5) is 11.5. The van der Waals surface area contributed by atoms with Crippen molar-refractivity contribution >= 4 is 5.91 Å². The van der Waals surface area contributed by atoms with Gasteiger partial charge in [-0.15, -0.1) is 0 Å². The predicted octanol–water partition coefficient (Wildman–Crippen LogP) is 1.45. The maximum Gasteiger partial charge on any atom is 0.221 e. The second-order valence-corrected chi connectivity index (χ2v) is 4.38. The number of methoxy groups -OCH3 is 1. The zero-order chi connectivity index (χ0) is 14.3. The first-order chi connectivity index (χ1) is 9.06. The number of rotatable bonds is 7. The lowest BCUT2D eigenvalue weighted by atomic mass is 10.2. The average molecular weight is 266 g/mol. The van der Waals surface area contributed by atoms with Gasteiger partial charge in [-0.1, -0.05) is 6.07 Å². The lowest BCUT2D eigenvalue weighted by Crippen LogP contribution is -2.29. The lowest BCUT2D eigenvalue weighted by molar-refractivity contribution is -0.121. The van der Waals surface area contributed by atoms with Crippen molar-refractivity contribution in [2.75, 3.05) is 13.7 Å². The number of hydrogen-bond donors (Lipinski definition) is 2. The maximum absolute atomic E-state index is 11.5. The van der Waals surface area contributed by atoms with Gasteiger partial charge in [0.1, 0.15) is 0 Å². The van der Waals surface area contributed by atoms with Gasteiger partial charge in [-0.25, -0.2) is 0 Å². The van der Waals surface area contributed by atoms with E-state index in [0.717, 1.165) is 5.56 Å². The third kappa shape index (κ3) is 5.18. The van der Waals surface area contributed by atoms with Crippen LogP contribution in [0.15, 0.2) is 18.2 Å². The molecule has 1 aromatic rings. The first-order valence-corrected chi connectivity index (χ1v) is 6.38.